The highest BCUT2D eigenvalue weighted by Gasteiger charge is 2.69. The van der Waals surface area contributed by atoms with E-state index in [4.69, 9.17) is 10.2 Å². The van der Waals surface area contributed by atoms with Crippen molar-refractivity contribution >= 4 is 5.91 Å². The van der Waals surface area contributed by atoms with Crippen LogP contribution >= 0.6 is 0 Å². The number of aliphatic hydroxyl groups is 2. The molecule has 0 radical (unpaired) electrons. The van der Waals surface area contributed by atoms with Crippen molar-refractivity contribution in [1.29, 1.82) is 0 Å². The van der Waals surface area contributed by atoms with E-state index in [0.717, 1.165) is 50.5 Å². The van der Waals surface area contributed by atoms with Crippen LogP contribution in [0.15, 0.2) is 27.6 Å². The molecule has 7 heteroatoms. The zero-order valence-corrected chi connectivity index (χ0v) is 20.7. The first-order chi connectivity index (χ1) is 15.9. The van der Waals surface area contributed by atoms with E-state index in [-0.39, 0.29) is 46.2 Å². The van der Waals surface area contributed by atoms with Gasteiger partial charge in [0.2, 0.25) is 5.91 Å². The molecule has 4 aliphatic carbocycles. The summed E-state index contributed by atoms with van der Waals surface area (Å²) in [5.74, 6) is 0.359. The fourth-order valence-corrected chi connectivity index (χ4v) is 8.78. The van der Waals surface area contributed by atoms with Crippen molar-refractivity contribution in [3.05, 3.63) is 34.4 Å². The Labute approximate surface area is 201 Å². The second-order valence-corrected chi connectivity index (χ2v) is 12.3. The number of amides is 1. The molecule has 188 valence electrons. The smallest absolute Gasteiger partial charge is 0.335 e. The summed E-state index contributed by atoms with van der Waals surface area (Å²) in [6.07, 6.45) is 8.65. The summed E-state index contributed by atoms with van der Waals surface area (Å²) in [5, 5.41) is 27.3. The van der Waals surface area contributed by atoms with Gasteiger partial charge < -0.3 is 25.7 Å². The largest absolute Gasteiger partial charge is 0.431 e. The number of rotatable bonds is 3. The molecule has 5 N–H and O–H groups in total. The predicted octanol–water partition coefficient (Wildman–Crippen LogP) is 2.83. The van der Waals surface area contributed by atoms with Crippen molar-refractivity contribution in [2.45, 2.75) is 108 Å². The third kappa shape index (κ3) is 3.26. The lowest BCUT2D eigenvalue weighted by Crippen LogP contribution is -2.68. The first-order valence-corrected chi connectivity index (χ1v) is 13.0. The third-order valence-corrected chi connectivity index (χ3v) is 10.9. The molecular weight excluding hydrogens is 432 g/mol. The average molecular weight is 473 g/mol. The first kappa shape index (κ1) is 24.0. The molecule has 1 aromatic rings. The maximum Gasteiger partial charge on any atom is 0.335 e. The summed E-state index contributed by atoms with van der Waals surface area (Å²) >= 11 is 0. The van der Waals surface area contributed by atoms with Gasteiger partial charge in [0.15, 0.2) is 0 Å². The lowest BCUT2D eigenvalue weighted by atomic mass is 9.42. The van der Waals surface area contributed by atoms with Crippen LogP contribution in [0.25, 0.3) is 0 Å². The van der Waals surface area contributed by atoms with Crippen LogP contribution in [0, 0.1) is 22.7 Å². The van der Waals surface area contributed by atoms with Crippen molar-refractivity contribution in [1.82, 2.24) is 5.32 Å². The predicted molar refractivity (Wildman–Crippen MR) is 128 cm³/mol. The molecule has 34 heavy (non-hydrogen) atoms. The standard InChI is InChI=1S/C27H40N2O5/c1-16(28)23(31)29-18-6-10-24(2)20-7-11-25(3)19(17-4-5-22(30)34-15-17)9-13-27(25,33)21(20)8-12-26(24,32)14-18/h4-5,15-16,18-21,32-33H,6-14,28H2,1-3H3,(H,29,31)/t16-,18-,19+,20-,21+,24+,25+,26-,27-/m0/s1. The minimum Gasteiger partial charge on any atom is -0.431 e. The quantitative estimate of drug-likeness (QED) is 0.536. The van der Waals surface area contributed by atoms with Gasteiger partial charge in [0.05, 0.1) is 23.5 Å². The Morgan fingerprint density at radius 1 is 1.06 bits per heavy atom. The van der Waals surface area contributed by atoms with Gasteiger partial charge in [-0.25, -0.2) is 4.79 Å². The number of fused-ring (bicyclic) bond motifs is 5. The molecule has 0 aliphatic heterocycles. The molecule has 1 heterocycles. The fraction of sp³-hybridized carbons (Fsp3) is 0.778. The Balaban J connectivity index is 1.40. The third-order valence-electron chi connectivity index (χ3n) is 10.9. The molecule has 1 amide bonds. The molecular formula is C27H40N2O5. The topological polar surface area (TPSA) is 126 Å². The minimum atomic E-state index is -0.854. The van der Waals surface area contributed by atoms with Crippen LogP contribution in [0.4, 0.5) is 0 Å². The summed E-state index contributed by atoms with van der Waals surface area (Å²) in [5.41, 5.74) is 4.16. The fourth-order valence-electron chi connectivity index (χ4n) is 8.78. The number of nitrogens with two attached hydrogens (primary N) is 1. The molecule has 7 nitrogen and oxygen atoms in total. The van der Waals surface area contributed by atoms with E-state index in [1.54, 1.807) is 13.2 Å². The maximum atomic E-state index is 12.3. The van der Waals surface area contributed by atoms with Crippen LogP contribution in [-0.2, 0) is 4.79 Å². The molecule has 9 atom stereocenters. The van der Waals surface area contributed by atoms with Crippen molar-refractivity contribution < 1.29 is 19.4 Å². The van der Waals surface area contributed by atoms with Crippen molar-refractivity contribution in [2.24, 2.45) is 28.4 Å². The van der Waals surface area contributed by atoms with Gasteiger partial charge in [0.25, 0.3) is 0 Å². The highest BCUT2D eigenvalue weighted by molar-refractivity contribution is 5.81. The maximum absolute atomic E-state index is 12.3. The molecule has 0 bridgehead atoms. The van der Waals surface area contributed by atoms with Crippen LogP contribution in [-0.4, -0.2) is 39.4 Å². The number of carbonyl (C=O) groups is 1. The average Bonchev–Trinajstić information content (AvgIpc) is 3.06. The molecule has 1 aromatic heterocycles. The highest BCUT2D eigenvalue weighted by atomic mass is 16.4. The van der Waals surface area contributed by atoms with E-state index in [9.17, 15) is 19.8 Å². The van der Waals surface area contributed by atoms with Crippen molar-refractivity contribution in [3.63, 3.8) is 0 Å². The summed E-state index contributed by atoms with van der Waals surface area (Å²) in [6.45, 7) is 6.12. The SMILES string of the molecule is C[C@H](N)C(=O)N[C@H]1CC[C@]2(C)[C@H]3CC[C@]4(C)[C@@H](c5ccc(=O)oc5)CC[C@]4(O)[C@@H]3CC[C@]2(O)C1. The van der Waals surface area contributed by atoms with E-state index < -0.39 is 17.2 Å². The first-order valence-electron chi connectivity index (χ1n) is 13.0. The van der Waals surface area contributed by atoms with Crippen LogP contribution < -0.4 is 16.7 Å². The Hall–Kier alpha value is -1.70. The molecule has 0 aromatic carbocycles. The van der Waals surface area contributed by atoms with Gasteiger partial charge >= 0.3 is 5.63 Å². The van der Waals surface area contributed by atoms with Gasteiger partial charge in [-0.2, -0.15) is 0 Å². The van der Waals surface area contributed by atoms with E-state index in [2.05, 4.69) is 19.2 Å². The Kier molecular flexibility index (Phi) is 5.58. The van der Waals surface area contributed by atoms with Crippen LogP contribution in [0.1, 0.15) is 90.0 Å². The van der Waals surface area contributed by atoms with E-state index in [0.29, 0.717) is 12.8 Å². The Morgan fingerprint density at radius 2 is 1.76 bits per heavy atom. The molecule has 5 rings (SSSR count). The molecule has 0 unspecified atom stereocenters. The van der Waals surface area contributed by atoms with Gasteiger partial charge in [-0.3, -0.25) is 4.79 Å². The Morgan fingerprint density at radius 3 is 2.44 bits per heavy atom. The van der Waals surface area contributed by atoms with Gasteiger partial charge in [-0.1, -0.05) is 13.8 Å². The van der Waals surface area contributed by atoms with Crippen molar-refractivity contribution in [2.75, 3.05) is 0 Å². The molecule has 0 saturated heterocycles. The van der Waals surface area contributed by atoms with Crippen molar-refractivity contribution in [3.8, 4) is 0 Å². The number of hydrogen-bond acceptors (Lipinski definition) is 6. The van der Waals surface area contributed by atoms with Gasteiger partial charge in [-0.05, 0) is 99.5 Å². The lowest BCUT2D eigenvalue weighted by Gasteiger charge is -2.66. The minimum absolute atomic E-state index is 0.0614. The molecule has 4 aliphatic rings. The number of carbonyl (C=O) groups excluding carboxylic acids is 1. The summed E-state index contributed by atoms with van der Waals surface area (Å²) in [7, 11) is 0. The zero-order valence-electron chi connectivity index (χ0n) is 20.7. The Bertz CT molecular complexity index is 1000. The van der Waals surface area contributed by atoms with E-state index in [1.165, 1.54) is 6.07 Å². The van der Waals surface area contributed by atoms with Gasteiger partial charge in [-0.15, -0.1) is 0 Å². The monoisotopic (exact) mass is 472 g/mol. The second-order valence-electron chi connectivity index (χ2n) is 12.3. The van der Waals surface area contributed by atoms with Crippen LogP contribution in [0.3, 0.4) is 0 Å². The summed E-state index contributed by atoms with van der Waals surface area (Å²) in [4.78, 5) is 23.7. The number of nitrogens with one attached hydrogen (secondary N) is 1. The molecule has 4 saturated carbocycles. The zero-order chi connectivity index (χ0) is 24.5. The summed E-state index contributed by atoms with van der Waals surface area (Å²) in [6, 6.07) is 2.72. The molecule has 0 spiro atoms. The highest BCUT2D eigenvalue weighted by Crippen LogP contribution is 2.71. The van der Waals surface area contributed by atoms with Crippen LogP contribution in [0.5, 0.6) is 0 Å². The van der Waals surface area contributed by atoms with E-state index in [1.807, 2.05) is 6.07 Å². The van der Waals surface area contributed by atoms with Gasteiger partial charge in [0.1, 0.15) is 0 Å². The number of hydrogen-bond donors (Lipinski definition) is 4. The van der Waals surface area contributed by atoms with Gasteiger partial charge in [0, 0.05) is 17.5 Å². The van der Waals surface area contributed by atoms with E-state index >= 15 is 0 Å². The molecule has 4 fully saturated rings. The normalized spacial score (nSPS) is 46.6. The second kappa shape index (κ2) is 7.90. The lowest BCUT2D eigenvalue weighted by molar-refractivity contribution is -0.247. The van der Waals surface area contributed by atoms with Crippen LogP contribution in [0.2, 0.25) is 0 Å². The summed E-state index contributed by atoms with van der Waals surface area (Å²) < 4.78 is 5.18.